The molecule has 1 aromatic heterocycles. The predicted octanol–water partition coefficient (Wildman–Crippen LogP) is 5.60. The first kappa shape index (κ1) is 20.1. The maximum atomic E-state index is 12.7. The standard InChI is InChI=1S/C22H25N3O2S/c1-13(2)18-11-7-9-15(4)19(18)23-20(26)16(5)28-22-25-24-21(27-22)17-10-6-8-14(3)12-17/h6-13,16H,1-5H3,(H,23,26)/t16-/m1/s1. The Morgan fingerprint density at radius 2 is 1.82 bits per heavy atom. The van der Waals surface area contributed by atoms with Crippen molar-refractivity contribution in [2.45, 2.75) is 51.0 Å². The SMILES string of the molecule is Cc1cccc(-c2nnc(S[C@H](C)C(=O)Nc3c(C)cccc3C(C)C)o2)c1. The molecule has 0 aliphatic heterocycles. The molecule has 1 heterocycles. The molecule has 0 aliphatic carbocycles. The molecule has 5 nitrogen and oxygen atoms in total. The maximum Gasteiger partial charge on any atom is 0.277 e. The van der Waals surface area contributed by atoms with Crippen molar-refractivity contribution in [1.29, 1.82) is 0 Å². The van der Waals surface area contributed by atoms with Gasteiger partial charge in [0, 0.05) is 11.3 Å². The van der Waals surface area contributed by atoms with Crippen molar-refractivity contribution in [3.05, 3.63) is 59.2 Å². The summed E-state index contributed by atoms with van der Waals surface area (Å²) in [6.45, 7) is 10.1. The molecule has 6 heteroatoms. The fourth-order valence-electron chi connectivity index (χ4n) is 2.92. The molecule has 0 unspecified atom stereocenters. The number of para-hydroxylation sites is 1. The Hall–Kier alpha value is -2.60. The number of amides is 1. The van der Waals surface area contributed by atoms with Crippen LogP contribution in [0, 0.1) is 13.8 Å². The minimum absolute atomic E-state index is 0.0866. The summed E-state index contributed by atoms with van der Waals surface area (Å²) in [6.07, 6.45) is 0. The van der Waals surface area contributed by atoms with E-state index in [4.69, 9.17) is 4.42 Å². The van der Waals surface area contributed by atoms with Gasteiger partial charge < -0.3 is 9.73 Å². The van der Waals surface area contributed by atoms with Gasteiger partial charge in [0.05, 0.1) is 5.25 Å². The first-order valence-corrected chi connectivity index (χ1v) is 10.2. The van der Waals surface area contributed by atoms with Crippen LogP contribution in [0.1, 0.15) is 43.4 Å². The van der Waals surface area contributed by atoms with E-state index in [1.165, 1.54) is 11.8 Å². The van der Waals surface area contributed by atoms with Gasteiger partial charge in [0.25, 0.3) is 5.22 Å². The van der Waals surface area contributed by atoms with Crippen LogP contribution in [-0.2, 0) is 4.79 Å². The molecule has 3 aromatic rings. The number of hydrogen-bond acceptors (Lipinski definition) is 5. The normalized spacial score (nSPS) is 12.2. The Labute approximate surface area is 170 Å². The van der Waals surface area contributed by atoms with Crippen LogP contribution in [0.15, 0.2) is 52.1 Å². The lowest BCUT2D eigenvalue weighted by Crippen LogP contribution is -2.23. The molecule has 1 N–H and O–H groups in total. The molecule has 0 saturated carbocycles. The Morgan fingerprint density at radius 1 is 1.07 bits per heavy atom. The van der Waals surface area contributed by atoms with E-state index in [0.29, 0.717) is 17.0 Å². The molecule has 2 aromatic carbocycles. The second-order valence-corrected chi connectivity index (χ2v) is 8.48. The Balaban J connectivity index is 1.71. The zero-order valence-electron chi connectivity index (χ0n) is 16.8. The number of carbonyl (C=O) groups excluding carboxylic acids is 1. The van der Waals surface area contributed by atoms with E-state index < -0.39 is 0 Å². The van der Waals surface area contributed by atoms with Gasteiger partial charge in [0.15, 0.2) is 0 Å². The van der Waals surface area contributed by atoms with Gasteiger partial charge in [-0.25, -0.2) is 0 Å². The third-order valence-electron chi connectivity index (χ3n) is 4.49. The second-order valence-electron chi connectivity index (χ2n) is 7.19. The van der Waals surface area contributed by atoms with Crippen molar-refractivity contribution in [2.24, 2.45) is 0 Å². The summed E-state index contributed by atoms with van der Waals surface area (Å²) in [5.41, 5.74) is 5.07. The van der Waals surface area contributed by atoms with Crippen molar-refractivity contribution in [2.75, 3.05) is 5.32 Å². The molecule has 28 heavy (non-hydrogen) atoms. The highest BCUT2D eigenvalue weighted by atomic mass is 32.2. The third-order valence-corrected chi connectivity index (χ3v) is 5.43. The molecule has 0 spiro atoms. The van der Waals surface area contributed by atoms with Crippen LogP contribution in [0.4, 0.5) is 5.69 Å². The number of hydrogen-bond donors (Lipinski definition) is 1. The van der Waals surface area contributed by atoms with Gasteiger partial charge in [-0.2, -0.15) is 0 Å². The molecule has 1 amide bonds. The lowest BCUT2D eigenvalue weighted by Gasteiger charge is -2.18. The molecule has 146 valence electrons. The number of anilines is 1. The van der Waals surface area contributed by atoms with E-state index in [2.05, 4.69) is 35.4 Å². The number of thioether (sulfide) groups is 1. The maximum absolute atomic E-state index is 12.7. The zero-order chi connectivity index (χ0) is 20.3. The first-order valence-electron chi connectivity index (χ1n) is 9.32. The summed E-state index contributed by atoms with van der Waals surface area (Å²) >= 11 is 1.26. The Bertz CT molecular complexity index is 981. The summed E-state index contributed by atoms with van der Waals surface area (Å²) in [5.74, 6) is 0.697. The largest absolute Gasteiger partial charge is 0.411 e. The van der Waals surface area contributed by atoms with Gasteiger partial charge in [-0.1, -0.05) is 61.5 Å². The highest BCUT2D eigenvalue weighted by Gasteiger charge is 2.21. The molecule has 1 atom stereocenters. The molecule has 0 bridgehead atoms. The van der Waals surface area contributed by atoms with Crippen LogP contribution in [-0.4, -0.2) is 21.4 Å². The number of nitrogens with zero attached hydrogens (tertiary/aromatic N) is 2. The van der Waals surface area contributed by atoms with E-state index >= 15 is 0 Å². The van der Waals surface area contributed by atoms with Crippen LogP contribution in [0.2, 0.25) is 0 Å². The van der Waals surface area contributed by atoms with E-state index in [1.54, 1.807) is 0 Å². The number of nitrogens with one attached hydrogen (secondary N) is 1. The molecule has 3 rings (SSSR count). The Morgan fingerprint density at radius 3 is 2.54 bits per heavy atom. The lowest BCUT2D eigenvalue weighted by molar-refractivity contribution is -0.115. The molecular formula is C22H25N3O2S. The van der Waals surface area contributed by atoms with Gasteiger partial charge >= 0.3 is 0 Å². The minimum Gasteiger partial charge on any atom is -0.411 e. The van der Waals surface area contributed by atoms with E-state index in [0.717, 1.165) is 27.9 Å². The highest BCUT2D eigenvalue weighted by Crippen LogP contribution is 2.30. The van der Waals surface area contributed by atoms with Crippen LogP contribution >= 0.6 is 11.8 Å². The van der Waals surface area contributed by atoms with E-state index in [1.807, 2.05) is 57.2 Å². The average Bonchev–Trinajstić information content (AvgIpc) is 3.11. The molecule has 0 fully saturated rings. The van der Waals surface area contributed by atoms with Crippen LogP contribution in [0.5, 0.6) is 0 Å². The van der Waals surface area contributed by atoms with Gasteiger partial charge in [-0.15, -0.1) is 10.2 Å². The quantitative estimate of drug-likeness (QED) is 0.551. The summed E-state index contributed by atoms with van der Waals surface area (Å²) in [5, 5.41) is 11.3. The number of benzene rings is 2. The Kier molecular flexibility index (Phi) is 6.19. The summed E-state index contributed by atoms with van der Waals surface area (Å²) in [7, 11) is 0. The third kappa shape index (κ3) is 4.62. The van der Waals surface area contributed by atoms with Gasteiger partial charge in [-0.3, -0.25) is 4.79 Å². The predicted molar refractivity (Wildman–Crippen MR) is 114 cm³/mol. The molecular weight excluding hydrogens is 370 g/mol. The van der Waals surface area contributed by atoms with Crippen LogP contribution in [0.3, 0.4) is 0 Å². The highest BCUT2D eigenvalue weighted by molar-refractivity contribution is 8.00. The van der Waals surface area contributed by atoms with Crippen LogP contribution < -0.4 is 5.32 Å². The van der Waals surface area contributed by atoms with Crippen LogP contribution in [0.25, 0.3) is 11.5 Å². The van der Waals surface area contributed by atoms with Gasteiger partial charge in [-0.05, 0) is 49.9 Å². The number of aromatic nitrogens is 2. The van der Waals surface area contributed by atoms with Crippen molar-refractivity contribution in [3.63, 3.8) is 0 Å². The summed E-state index contributed by atoms with van der Waals surface area (Å²) < 4.78 is 5.74. The van der Waals surface area contributed by atoms with Crippen molar-refractivity contribution in [1.82, 2.24) is 10.2 Å². The zero-order valence-corrected chi connectivity index (χ0v) is 17.6. The summed E-state index contributed by atoms with van der Waals surface area (Å²) in [4.78, 5) is 12.7. The average molecular weight is 396 g/mol. The number of carbonyl (C=O) groups is 1. The van der Waals surface area contributed by atoms with Crippen molar-refractivity contribution >= 4 is 23.4 Å². The summed E-state index contributed by atoms with van der Waals surface area (Å²) in [6, 6.07) is 14.0. The van der Waals surface area contributed by atoms with Crippen molar-refractivity contribution in [3.8, 4) is 11.5 Å². The lowest BCUT2D eigenvalue weighted by atomic mass is 9.98. The fourth-order valence-corrected chi connectivity index (χ4v) is 3.61. The molecule has 0 radical (unpaired) electrons. The van der Waals surface area contributed by atoms with Gasteiger partial charge in [0.1, 0.15) is 0 Å². The number of rotatable bonds is 6. The van der Waals surface area contributed by atoms with Crippen molar-refractivity contribution < 1.29 is 9.21 Å². The topological polar surface area (TPSA) is 68.0 Å². The number of aryl methyl sites for hydroxylation is 2. The first-order chi connectivity index (χ1) is 13.3. The molecule has 0 aliphatic rings. The fraction of sp³-hybridized carbons (Fsp3) is 0.318. The smallest absolute Gasteiger partial charge is 0.277 e. The van der Waals surface area contributed by atoms with E-state index in [-0.39, 0.29) is 11.2 Å². The van der Waals surface area contributed by atoms with Gasteiger partial charge in [0.2, 0.25) is 11.8 Å². The monoisotopic (exact) mass is 395 g/mol. The second kappa shape index (κ2) is 8.61. The molecule has 0 saturated heterocycles. The minimum atomic E-state index is -0.370. The van der Waals surface area contributed by atoms with E-state index in [9.17, 15) is 4.79 Å².